The molecule has 1 spiro atoms. The number of ether oxygens (including phenoxy) is 1. The summed E-state index contributed by atoms with van der Waals surface area (Å²) in [6.45, 7) is 0. The van der Waals surface area contributed by atoms with Crippen molar-refractivity contribution >= 4 is 0 Å². The summed E-state index contributed by atoms with van der Waals surface area (Å²) in [4.78, 5) is 0. The molecule has 0 bridgehead atoms. The Hall–Kier alpha value is -0.550. The van der Waals surface area contributed by atoms with Crippen LogP contribution in [0.5, 0.6) is 0 Å². The summed E-state index contributed by atoms with van der Waals surface area (Å²) in [6, 6.07) is 2.19. The molecule has 66 valence electrons. The number of hydrogen-bond acceptors (Lipinski definition) is 2. The molecule has 1 saturated heterocycles. The van der Waals surface area contributed by atoms with Crippen LogP contribution in [0.3, 0.4) is 0 Å². The van der Waals surface area contributed by atoms with Crippen molar-refractivity contribution in [2.24, 2.45) is 0 Å². The quantitative estimate of drug-likeness (QED) is 0.597. The zero-order valence-corrected chi connectivity index (χ0v) is 7.38. The van der Waals surface area contributed by atoms with Gasteiger partial charge in [-0.3, -0.25) is 0 Å². The predicted octanol–water partition coefficient (Wildman–Crippen LogP) is 2.39. The van der Waals surface area contributed by atoms with E-state index in [0.29, 0.717) is 6.42 Å². The summed E-state index contributed by atoms with van der Waals surface area (Å²) in [5.41, 5.74) is 0.210. The molecule has 0 aromatic heterocycles. The lowest BCUT2D eigenvalue weighted by Crippen LogP contribution is -2.24. The van der Waals surface area contributed by atoms with Crippen molar-refractivity contribution < 1.29 is 4.74 Å². The van der Waals surface area contributed by atoms with Gasteiger partial charge in [-0.25, -0.2) is 0 Å². The Labute approximate surface area is 73.5 Å². The maximum Gasteiger partial charge on any atom is 0.0713 e. The van der Waals surface area contributed by atoms with E-state index in [4.69, 9.17) is 10.00 Å². The summed E-state index contributed by atoms with van der Waals surface area (Å²) in [7, 11) is 0. The zero-order chi connectivity index (χ0) is 8.44. The third-order valence-electron chi connectivity index (χ3n) is 3.17. The Bertz CT molecular complexity index is 200. The highest BCUT2D eigenvalue weighted by atomic mass is 16.5. The highest BCUT2D eigenvalue weighted by Gasteiger charge is 2.41. The monoisotopic (exact) mass is 165 g/mol. The molecule has 2 rings (SSSR count). The number of hydrogen-bond donors (Lipinski definition) is 0. The Morgan fingerprint density at radius 3 is 2.75 bits per heavy atom. The number of rotatable bonds is 1. The van der Waals surface area contributed by atoms with E-state index >= 15 is 0 Å². The van der Waals surface area contributed by atoms with Gasteiger partial charge in [0, 0.05) is 0 Å². The van der Waals surface area contributed by atoms with Crippen LogP contribution in [-0.4, -0.2) is 11.7 Å². The smallest absolute Gasteiger partial charge is 0.0713 e. The van der Waals surface area contributed by atoms with E-state index in [2.05, 4.69) is 6.07 Å². The van der Waals surface area contributed by atoms with E-state index < -0.39 is 0 Å². The van der Waals surface area contributed by atoms with Crippen LogP contribution < -0.4 is 0 Å². The fourth-order valence-electron chi connectivity index (χ4n) is 2.53. The molecule has 1 saturated carbocycles. The molecule has 1 heterocycles. The first-order valence-corrected chi connectivity index (χ1v) is 4.89. The lowest BCUT2D eigenvalue weighted by Gasteiger charge is -2.22. The molecule has 1 atom stereocenters. The van der Waals surface area contributed by atoms with Crippen LogP contribution in [-0.2, 0) is 4.74 Å². The van der Waals surface area contributed by atoms with Gasteiger partial charge in [-0.15, -0.1) is 0 Å². The first-order chi connectivity index (χ1) is 5.85. The molecule has 1 aliphatic heterocycles. The molecule has 12 heavy (non-hydrogen) atoms. The topological polar surface area (TPSA) is 33.0 Å². The van der Waals surface area contributed by atoms with E-state index in [1.54, 1.807) is 0 Å². The van der Waals surface area contributed by atoms with E-state index in [0.717, 1.165) is 6.42 Å². The average Bonchev–Trinajstić information content (AvgIpc) is 2.65. The Kier molecular flexibility index (Phi) is 2.06. The van der Waals surface area contributed by atoms with Crippen molar-refractivity contribution in [2.45, 2.75) is 56.7 Å². The van der Waals surface area contributed by atoms with Crippen LogP contribution in [0.2, 0.25) is 0 Å². The van der Waals surface area contributed by atoms with Crippen LogP contribution in [0, 0.1) is 11.3 Å². The van der Waals surface area contributed by atoms with Gasteiger partial charge in [0.25, 0.3) is 0 Å². The highest BCUT2D eigenvalue weighted by molar-refractivity contribution is 4.94. The molecule has 0 radical (unpaired) electrons. The third kappa shape index (κ3) is 1.34. The fourth-order valence-corrected chi connectivity index (χ4v) is 2.53. The van der Waals surface area contributed by atoms with Gasteiger partial charge in [0.05, 0.1) is 24.2 Å². The molecule has 0 aromatic carbocycles. The number of nitrogens with zero attached hydrogens (tertiary/aromatic N) is 1. The SMILES string of the molecule is N#CCC1CCC2(CCCC2)O1. The average molecular weight is 165 g/mol. The van der Waals surface area contributed by atoms with E-state index in [-0.39, 0.29) is 11.7 Å². The Balaban J connectivity index is 1.93. The molecule has 0 aromatic rings. The van der Waals surface area contributed by atoms with Crippen molar-refractivity contribution in [1.29, 1.82) is 5.26 Å². The molecule has 0 N–H and O–H groups in total. The molecular formula is C10H15NO. The van der Waals surface area contributed by atoms with Crippen LogP contribution in [0.4, 0.5) is 0 Å². The third-order valence-corrected chi connectivity index (χ3v) is 3.17. The van der Waals surface area contributed by atoms with Crippen LogP contribution in [0.1, 0.15) is 44.9 Å². The second kappa shape index (κ2) is 3.06. The van der Waals surface area contributed by atoms with E-state index in [1.807, 2.05) is 0 Å². The molecule has 2 heteroatoms. The van der Waals surface area contributed by atoms with Gasteiger partial charge in [0.1, 0.15) is 0 Å². The van der Waals surface area contributed by atoms with E-state index in [1.165, 1.54) is 32.1 Å². The first-order valence-electron chi connectivity index (χ1n) is 4.89. The summed E-state index contributed by atoms with van der Waals surface area (Å²) >= 11 is 0. The van der Waals surface area contributed by atoms with E-state index in [9.17, 15) is 0 Å². The van der Waals surface area contributed by atoms with Gasteiger partial charge < -0.3 is 4.74 Å². The summed E-state index contributed by atoms with van der Waals surface area (Å²) in [5, 5.41) is 8.53. The molecule has 0 amide bonds. The van der Waals surface area contributed by atoms with Crippen molar-refractivity contribution in [3.63, 3.8) is 0 Å². The molecule has 1 unspecified atom stereocenters. The molecular weight excluding hydrogens is 150 g/mol. The summed E-state index contributed by atoms with van der Waals surface area (Å²) in [6.07, 6.45) is 8.23. The highest BCUT2D eigenvalue weighted by Crippen LogP contribution is 2.43. The van der Waals surface area contributed by atoms with Crippen molar-refractivity contribution in [3.8, 4) is 6.07 Å². The van der Waals surface area contributed by atoms with Crippen molar-refractivity contribution in [2.75, 3.05) is 0 Å². The van der Waals surface area contributed by atoms with Gasteiger partial charge in [-0.05, 0) is 25.7 Å². The van der Waals surface area contributed by atoms with Crippen LogP contribution >= 0.6 is 0 Å². The largest absolute Gasteiger partial charge is 0.371 e. The first kappa shape index (κ1) is 8.07. The van der Waals surface area contributed by atoms with Crippen LogP contribution in [0.15, 0.2) is 0 Å². The summed E-state index contributed by atoms with van der Waals surface area (Å²) in [5.74, 6) is 0. The molecule has 1 aliphatic carbocycles. The lowest BCUT2D eigenvalue weighted by molar-refractivity contribution is -0.0339. The molecule has 2 aliphatic rings. The normalized spacial score (nSPS) is 32.4. The number of nitriles is 1. The van der Waals surface area contributed by atoms with Gasteiger partial charge in [0.15, 0.2) is 0 Å². The second-order valence-corrected chi connectivity index (χ2v) is 4.03. The van der Waals surface area contributed by atoms with Crippen molar-refractivity contribution in [3.05, 3.63) is 0 Å². The lowest BCUT2D eigenvalue weighted by atomic mass is 9.98. The van der Waals surface area contributed by atoms with Crippen LogP contribution in [0.25, 0.3) is 0 Å². The standard InChI is InChI=1S/C10H15NO/c11-8-4-9-3-7-10(12-9)5-1-2-6-10/h9H,1-7H2. The minimum atomic E-state index is 0.210. The molecule has 2 nitrogen and oxygen atoms in total. The van der Waals surface area contributed by atoms with Gasteiger partial charge in [0.2, 0.25) is 0 Å². The maximum atomic E-state index is 8.53. The Morgan fingerprint density at radius 1 is 1.33 bits per heavy atom. The second-order valence-electron chi connectivity index (χ2n) is 4.03. The Morgan fingerprint density at radius 2 is 2.08 bits per heavy atom. The van der Waals surface area contributed by atoms with Gasteiger partial charge in [-0.2, -0.15) is 5.26 Å². The van der Waals surface area contributed by atoms with Crippen molar-refractivity contribution in [1.82, 2.24) is 0 Å². The minimum Gasteiger partial charge on any atom is -0.371 e. The summed E-state index contributed by atoms with van der Waals surface area (Å²) < 4.78 is 5.93. The molecule has 2 fully saturated rings. The van der Waals surface area contributed by atoms with Gasteiger partial charge in [-0.1, -0.05) is 12.8 Å². The predicted molar refractivity (Wildman–Crippen MR) is 45.5 cm³/mol. The van der Waals surface area contributed by atoms with Gasteiger partial charge >= 0.3 is 0 Å². The fraction of sp³-hybridized carbons (Fsp3) is 0.900. The minimum absolute atomic E-state index is 0.210. The maximum absolute atomic E-state index is 8.53. The zero-order valence-electron chi connectivity index (χ0n) is 7.38.